The van der Waals surface area contributed by atoms with Crippen molar-refractivity contribution in [3.8, 4) is 5.75 Å². The topological polar surface area (TPSA) is 49.7 Å². The van der Waals surface area contributed by atoms with E-state index in [9.17, 15) is 0 Å². The molecule has 0 heterocycles. The largest absolute Gasteiger partial charge is 0.497 e. The van der Waals surface area contributed by atoms with Crippen molar-refractivity contribution < 1.29 is 14.8 Å². The minimum absolute atomic E-state index is 0.464. The Bertz CT molecular complexity index is 857. The molecule has 3 aromatic carbocycles. The van der Waals surface area contributed by atoms with Crippen LogP contribution in [0.2, 0.25) is 0 Å². The molecule has 0 spiro atoms. The molecule has 0 bridgehead atoms. The molecule has 3 nitrogen and oxygen atoms in total. The molecule has 0 saturated carbocycles. The van der Waals surface area contributed by atoms with Crippen molar-refractivity contribution in [2.75, 3.05) is 7.11 Å². The number of hydrogen-bond acceptors (Lipinski definition) is 3. The average Bonchev–Trinajstić information content (AvgIpc) is 2.69. The predicted octanol–water partition coefficient (Wildman–Crippen LogP) is 6.10. The molecule has 0 aliphatic carbocycles. The van der Waals surface area contributed by atoms with Crippen molar-refractivity contribution in [3.05, 3.63) is 87.9 Å². The van der Waals surface area contributed by atoms with Crippen molar-refractivity contribution in [2.24, 2.45) is 0 Å². The zero-order valence-corrected chi connectivity index (χ0v) is 23.7. The zero-order chi connectivity index (χ0) is 22.0. The van der Waals surface area contributed by atoms with Gasteiger partial charge in [0.05, 0.1) is 7.11 Å². The van der Waals surface area contributed by atoms with Gasteiger partial charge in [0, 0.05) is 16.1 Å². The minimum atomic E-state index is -1.40. The molecule has 0 aliphatic rings. The summed E-state index contributed by atoms with van der Waals surface area (Å²) in [6.45, 7) is 4.19. The first-order valence-corrected chi connectivity index (χ1v) is 12.2. The van der Waals surface area contributed by atoms with Crippen LogP contribution in [-0.4, -0.2) is 24.3 Å². The van der Waals surface area contributed by atoms with Gasteiger partial charge >= 0.3 is 7.12 Å². The summed E-state index contributed by atoms with van der Waals surface area (Å²) in [5, 5.41) is 17.4. The van der Waals surface area contributed by atoms with Crippen molar-refractivity contribution in [1.82, 2.24) is 0 Å². The first-order chi connectivity index (χ1) is 13.6. The van der Waals surface area contributed by atoms with E-state index in [1.165, 1.54) is 22.7 Å². The van der Waals surface area contributed by atoms with Gasteiger partial charge in [0.25, 0.3) is 0 Å². The summed E-state index contributed by atoms with van der Waals surface area (Å²) in [5.74, 6) is 0.703. The van der Waals surface area contributed by atoms with Crippen LogP contribution in [0.15, 0.2) is 69.6 Å². The van der Waals surface area contributed by atoms with E-state index in [0.29, 0.717) is 11.2 Å². The average molecular weight is 746 g/mol. The van der Waals surface area contributed by atoms with E-state index in [1.807, 2.05) is 0 Å². The normalized spacial score (nSPS) is 9.55. The third-order valence-electron chi connectivity index (χ3n) is 3.65. The fourth-order valence-corrected chi connectivity index (χ4v) is 3.70. The van der Waals surface area contributed by atoms with Gasteiger partial charge in [-0.3, -0.25) is 0 Å². The summed E-state index contributed by atoms with van der Waals surface area (Å²) >= 11 is 11.4. The second-order valence-corrected chi connectivity index (χ2v) is 10.1. The zero-order valence-electron chi connectivity index (χ0n) is 16.2. The van der Waals surface area contributed by atoms with Gasteiger partial charge in [-0.15, -0.1) is 0 Å². The standard InChI is InChI=1S/C7H9BO3.2C7H6BrI/c1-11-7-4-2-6(3-5-7)8(9)10;1-5-4-6(9)2-3-7(5)8;1-5-4-6(8)2-3-7(5)9/h2-5,9-10H,1H3;2*2-4H,1H3. The van der Waals surface area contributed by atoms with E-state index in [1.54, 1.807) is 31.4 Å². The van der Waals surface area contributed by atoms with Crippen LogP contribution in [0.25, 0.3) is 0 Å². The van der Waals surface area contributed by atoms with Crippen LogP contribution < -0.4 is 10.2 Å². The Morgan fingerprint density at radius 3 is 1.86 bits per heavy atom. The van der Waals surface area contributed by atoms with Crippen LogP contribution in [0.3, 0.4) is 0 Å². The van der Waals surface area contributed by atoms with Crippen molar-refractivity contribution in [2.45, 2.75) is 13.8 Å². The molecule has 0 atom stereocenters. The number of methoxy groups -OCH3 is 1. The molecule has 2 N–H and O–H groups in total. The highest BCUT2D eigenvalue weighted by atomic mass is 127. The van der Waals surface area contributed by atoms with Gasteiger partial charge in [-0.1, -0.05) is 44.0 Å². The van der Waals surface area contributed by atoms with E-state index < -0.39 is 7.12 Å². The molecule has 154 valence electrons. The Labute approximate surface area is 217 Å². The van der Waals surface area contributed by atoms with Crippen LogP contribution in [0.4, 0.5) is 0 Å². The highest BCUT2D eigenvalue weighted by Crippen LogP contribution is 2.18. The summed E-state index contributed by atoms with van der Waals surface area (Å²) in [6, 6.07) is 19.1. The molecule has 29 heavy (non-hydrogen) atoms. The SMILES string of the molecule is COc1ccc(B(O)O)cc1.Cc1cc(Br)ccc1I.Cc1cc(I)ccc1Br. The molecule has 0 radical (unpaired) electrons. The molecule has 0 aliphatic heterocycles. The Morgan fingerprint density at radius 2 is 1.45 bits per heavy atom. The molecule has 3 aromatic rings. The fraction of sp³-hybridized carbons (Fsp3) is 0.143. The minimum Gasteiger partial charge on any atom is -0.497 e. The Morgan fingerprint density at radius 1 is 0.828 bits per heavy atom. The second-order valence-electron chi connectivity index (χ2n) is 5.93. The van der Waals surface area contributed by atoms with E-state index in [4.69, 9.17) is 14.8 Å². The predicted molar refractivity (Wildman–Crippen MR) is 146 cm³/mol. The van der Waals surface area contributed by atoms with Gasteiger partial charge in [-0.05, 0) is 124 Å². The van der Waals surface area contributed by atoms with Crippen LogP contribution in [0.5, 0.6) is 5.75 Å². The number of hydrogen-bond donors (Lipinski definition) is 2. The second kappa shape index (κ2) is 14.0. The molecule has 8 heteroatoms. The Hall–Kier alpha value is -0.135. The van der Waals surface area contributed by atoms with Crippen LogP contribution in [0, 0.1) is 21.0 Å². The van der Waals surface area contributed by atoms with Crippen LogP contribution in [0.1, 0.15) is 11.1 Å². The lowest BCUT2D eigenvalue weighted by atomic mass is 9.80. The third kappa shape index (κ3) is 10.6. The molecule has 0 unspecified atom stereocenters. The monoisotopic (exact) mass is 744 g/mol. The molecule has 0 fully saturated rings. The van der Waals surface area contributed by atoms with Gasteiger partial charge in [-0.25, -0.2) is 0 Å². The third-order valence-corrected chi connectivity index (χ3v) is 6.92. The first kappa shape index (κ1) is 26.9. The van der Waals surface area contributed by atoms with Crippen LogP contribution >= 0.6 is 77.0 Å². The Balaban J connectivity index is 0.000000219. The summed E-state index contributed by atoms with van der Waals surface area (Å²) < 4.78 is 9.82. The molecule has 0 saturated heterocycles. The first-order valence-electron chi connectivity index (χ1n) is 8.47. The van der Waals surface area contributed by atoms with Gasteiger partial charge in [0.1, 0.15) is 5.75 Å². The lowest BCUT2D eigenvalue weighted by molar-refractivity contribution is 0.414. The lowest BCUT2D eigenvalue weighted by Crippen LogP contribution is -2.29. The molecule has 3 rings (SSSR count). The maximum Gasteiger partial charge on any atom is 0.488 e. The number of halogens is 4. The van der Waals surface area contributed by atoms with E-state index in [2.05, 4.69) is 127 Å². The highest BCUT2D eigenvalue weighted by molar-refractivity contribution is 14.1. The number of ether oxygens (including phenoxy) is 1. The number of benzene rings is 3. The summed E-state index contributed by atoms with van der Waals surface area (Å²) in [7, 11) is 0.158. The number of aryl methyl sites for hydroxylation is 2. The van der Waals surface area contributed by atoms with Gasteiger partial charge < -0.3 is 14.8 Å². The van der Waals surface area contributed by atoms with Crippen molar-refractivity contribution in [3.63, 3.8) is 0 Å². The number of rotatable bonds is 2. The summed E-state index contributed by atoms with van der Waals surface area (Å²) in [4.78, 5) is 0. The molecular weight excluding hydrogens is 725 g/mol. The quantitative estimate of drug-likeness (QED) is 0.247. The van der Waals surface area contributed by atoms with Crippen LogP contribution in [-0.2, 0) is 0 Å². The summed E-state index contributed by atoms with van der Waals surface area (Å²) in [6.07, 6.45) is 0. The van der Waals surface area contributed by atoms with E-state index in [-0.39, 0.29) is 0 Å². The lowest BCUT2D eigenvalue weighted by Gasteiger charge is -2.00. The molecule has 0 aromatic heterocycles. The van der Waals surface area contributed by atoms with Crippen molar-refractivity contribution in [1.29, 1.82) is 0 Å². The van der Waals surface area contributed by atoms with E-state index >= 15 is 0 Å². The molecular formula is C21H21BBr2I2O3. The maximum atomic E-state index is 8.70. The van der Waals surface area contributed by atoms with Gasteiger partial charge in [0.2, 0.25) is 0 Å². The smallest absolute Gasteiger partial charge is 0.488 e. The fourth-order valence-electron chi connectivity index (χ4n) is 1.99. The summed E-state index contributed by atoms with van der Waals surface area (Å²) in [5.41, 5.74) is 3.08. The van der Waals surface area contributed by atoms with Crippen molar-refractivity contribution >= 4 is 89.6 Å². The Kier molecular flexibility index (Phi) is 13.0. The highest BCUT2D eigenvalue weighted by Gasteiger charge is 2.09. The molecule has 0 amide bonds. The van der Waals surface area contributed by atoms with E-state index in [0.717, 1.165) is 4.47 Å². The van der Waals surface area contributed by atoms with Gasteiger partial charge in [-0.2, -0.15) is 0 Å². The van der Waals surface area contributed by atoms with Gasteiger partial charge in [0.15, 0.2) is 0 Å². The maximum absolute atomic E-state index is 8.70.